The van der Waals surface area contributed by atoms with Crippen molar-refractivity contribution < 1.29 is 9.53 Å². The Morgan fingerprint density at radius 3 is 2.78 bits per heavy atom. The van der Waals surface area contributed by atoms with Crippen LogP contribution in [0, 0.1) is 6.92 Å². The molecule has 1 atom stereocenters. The second-order valence-electron chi connectivity index (χ2n) is 6.32. The van der Waals surface area contributed by atoms with Gasteiger partial charge < -0.3 is 15.0 Å². The quantitative estimate of drug-likeness (QED) is 0.874. The van der Waals surface area contributed by atoms with Gasteiger partial charge in [-0.2, -0.15) is 0 Å². The van der Waals surface area contributed by atoms with Crippen LogP contribution >= 0.6 is 15.9 Å². The summed E-state index contributed by atoms with van der Waals surface area (Å²) in [6, 6.07) is 5.86. The molecule has 2 saturated heterocycles. The number of urea groups is 1. The van der Waals surface area contributed by atoms with E-state index >= 15 is 0 Å². The number of rotatable bonds is 3. The summed E-state index contributed by atoms with van der Waals surface area (Å²) in [5, 5.41) is 2.98. The van der Waals surface area contributed by atoms with E-state index in [0.717, 1.165) is 55.1 Å². The molecule has 0 aromatic heterocycles. The molecule has 2 fully saturated rings. The van der Waals surface area contributed by atoms with Crippen LogP contribution in [0.1, 0.15) is 18.4 Å². The van der Waals surface area contributed by atoms with Gasteiger partial charge in [-0.15, -0.1) is 0 Å². The summed E-state index contributed by atoms with van der Waals surface area (Å²) < 4.78 is 6.70. The zero-order valence-electron chi connectivity index (χ0n) is 13.6. The van der Waals surface area contributed by atoms with Crippen molar-refractivity contribution >= 4 is 27.6 Å². The van der Waals surface area contributed by atoms with Crippen LogP contribution in [0.25, 0.3) is 0 Å². The number of aryl methyl sites for hydroxylation is 1. The van der Waals surface area contributed by atoms with Crippen molar-refractivity contribution in [1.82, 2.24) is 9.80 Å². The Kier molecular flexibility index (Phi) is 5.56. The Labute approximate surface area is 146 Å². The molecule has 126 valence electrons. The van der Waals surface area contributed by atoms with Crippen LogP contribution in [0.5, 0.6) is 0 Å². The van der Waals surface area contributed by atoms with Crippen LogP contribution in [0.15, 0.2) is 22.7 Å². The molecule has 0 bridgehead atoms. The number of ether oxygens (including phenoxy) is 1. The van der Waals surface area contributed by atoms with E-state index in [0.29, 0.717) is 6.10 Å². The molecule has 1 aromatic carbocycles. The smallest absolute Gasteiger partial charge is 0.321 e. The van der Waals surface area contributed by atoms with Gasteiger partial charge in [-0.25, -0.2) is 4.79 Å². The first-order valence-electron chi connectivity index (χ1n) is 8.28. The summed E-state index contributed by atoms with van der Waals surface area (Å²) in [4.78, 5) is 16.7. The van der Waals surface area contributed by atoms with Gasteiger partial charge in [-0.05, 0) is 37.5 Å². The van der Waals surface area contributed by atoms with Gasteiger partial charge in [0.2, 0.25) is 0 Å². The molecule has 0 radical (unpaired) electrons. The molecule has 0 aliphatic carbocycles. The average Bonchev–Trinajstić information content (AvgIpc) is 3.04. The number of hydrogen-bond donors (Lipinski definition) is 1. The normalized spacial score (nSPS) is 22.3. The largest absolute Gasteiger partial charge is 0.377 e. The maximum atomic E-state index is 12.4. The van der Waals surface area contributed by atoms with Gasteiger partial charge in [0.1, 0.15) is 0 Å². The van der Waals surface area contributed by atoms with Crippen LogP contribution in [0.4, 0.5) is 10.5 Å². The third-order valence-corrected chi connectivity index (χ3v) is 5.42. The molecule has 5 nitrogen and oxygen atoms in total. The van der Waals surface area contributed by atoms with Gasteiger partial charge in [-0.1, -0.05) is 22.0 Å². The lowest BCUT2D eigenvalue weighted by Crippen LogP contribution is -2.51. The number of nitrogens with one attached hydrogen (secondary N) is 1. The Balaban J connectivity index is 1.46. The highest BCUT2D eigenvalue weighted by molar-refractivity contribution is 9.10. The molecular formula is C17H24BrN3O2. The van der Waals surface area contributed by atoms with Gasteiger partial charge in [0.05, 0.1) is 6.10 Å². The average molecular weight is 382 g/mol. The Bertz CT molecular complexity index is 553. The molecule has 23 heavy (non-hydrogen) atoms. The fourth-order valence-electron chi connectivity index (χ4n) is 3.08. The van der Waals surface area contributed by atoms with E-state index in [1.54, 1.807) is 0 Å². The number of piperazine rings is 1. The van der Waals surface area contributed by atoms with E-state index in [2.05, 4.69) is 26.1 Å². The van der Waals surface area contributed by atoms with E-state index in [9.17, 15) is 4.79 Å². The maximum absolute atomic E-state index is 12.4. The zero-order chi connectivity index (χ0) is 16.2. The Morgan fingerprint density at radius 2 is 2.13 bits per heavy atom. The molecule has 2 heterocycles. The molecule has 2 aliphatic rings. The topological polar surface area (TPSA) is 44.8 Å². The van der Waals surface area contributed by atoms with Gasteiger partial charge in [0.15, 0.2) is 0 Å². The highest BCUT2D eigenvalue weighted by Crippen LogP contribution is 2.21. The predicted molar refractivity (Wildman–Crippen MR) is 94.9 cm³/mol. The molecule has 2 amide bonds. The van der Waals surface area contributed by atoms with Gasteiger partial charge >= 0.3 is 6.03 Å². The van der Waals surface area contributed by atoms with Crippen molar-refractivity contribution in [2.45, 2.75) is 25.9 Å². The Morgan fingerprint density at radius 1 is 1.35 bits per heavy atom. The summed E-state index contributed by atoms with van der Waals surface area (Å²) in [5.74, 6) is 0. The zero-order valence-corrected chi connectivity index (χ0v) is 15.1. The molecule has 1 aromatic rings. The van der Waals surface area contributed by atoms with Crippen LogP contribution in [-0.4, -0.2) is 61.3 Å². The monoisotopic (exact) mass is 381 g/mol. The lowest BCUT2D eigenvalue weighted by molar-refractivity contribution is 0.0572. The van der Waals surface area contributed by atoms with Crippen molar-refractivity contribution in [1.29, 1.82) is 0 Å². The number of anilines is 1. The van der Waals surface area contributed by atoms with Crippen molar-refractivity contribution in [2.24, 2.45) is 0 Å². The van der Waals surface area contributed by atoms with E-state index in [4.69, 9.17) is 4.74 Å². The van der Waals surface area contributed by atoms with Crippen LogP contribution < -0.4 is 5.32 Å². The van der Waals surface area contributed by atoms with Crippen molar-refractivity contribution in [3.05, 3.63) is 28.2 Å². The first-order valence-corrected chi connectivity index (χ1v) is 9.07. The molecule has 1 unspecified atom stereocenters. The fourth-order valence-corrected chi connectivity index (χ4v) is 3.46. The molecule has 3 rings (SSSR count). The number of benzene rings is 1. The molecule has 0 spiro atoms. The van der Waals surface area contributed by atoms with Crippen molar-refractivity contribution in [2.75, 3.05) is 44.6 Å². The van der Waals surface area contributed by atoms with Gasteiger partial charge in [0, 0.05) is 49.5 Å². The third-order valence-electron chi connectivity index (χ3n) is 4.57. The second-order valence-corrected chi connectivity index (χ2v) is 7.17. The van der Waals surface area contributed by atoms with E-state index in [1.807, 2.05) is 30.0 Å². The minimum atomic E-state index is -0.0162. The number of nitrogens with zero attached hydrogens (tertiary/aromatic N) is 2. The lowest BCUT2D eigenvalue weighted by atomic mass is 10.2. The van der Waals surface area contributed by atoms with E-state index in [-0.39, 0.29) is 6.03 Å². The number of carbonyl (C=O) groups is 1. The lowest BCUT2D eigenvalue weighted by Gasteiger charge is -2.35. The van der Waals surface area contributed by atoms with Gasteiger partial charge in [-0.3, -0.25) is 4.90 Å². The second kappa shape index (κ2) is 7.64. The predicted octanol–water partition coefficient (Wildman–Crippen LogP) is 3.09. The summed E-state index contributed by atoms with van der Waals surface area (Å²) in [6.07, 6.45) is 2.74. The van der Waals surface area contributed by atoms with Crippen LogP contribution in [0.2, 0.25) is 0 Å². The first kappa shape index (κ1) is 16.7. The molecular weight excluding hydrogens is 358 g/mol. The summed E-state index contributed by atoms with van der Waals surface area (Å²) in [6.45, 7) is 7.31. The molecule has 2 aliphatic heterocycles. The summed E-state index contributed by atoms with van der Waals surface area (Å²) in [5.41, 5.74) is 1.99. The third kappa shape index (κ3) is 4.46. The molecule has 6 heteroatoms. The molecule has 0 saturated carbocycles. The number of halogens is 1. The minimum absolute atomic E-state index is 0.0162. The van der Waals surface area contributed by atoms with Crippen molar-refractivity contribution in [3.63, 3.8) is 0 Å². The van der Waals surface area contributed by atoms with Gasteiger partial charge in [0.25, 0.3) is 0 Å². The van der Waals surface area contributed by atoms with Crippen LogP contribution in [0.3, 0.4) is 0 Å². The number of amides is 2. The summed E-state index contributed by atoms with van der Waals surface area (Å²) in [7, 11) is 0. The van der Waals surface area contributed by atoms with Crippen molar-refractivity contribution in [3.8, 4) is 0 Å². The first-order chi connectivity index (χ1) is 11.1. The number of hydrogen-bond acceptors (Lipinski definition) is 3. The van der Waals surface area contributed by atoms with E-state index < -0.39 is 0 Å². The SMILES string of the molecule is Cc1ccc(NC(=O)N2CCN(CC3CCCO3)CC2)cc1Br. The molecule has 1 N–H and O–H groups in total. The minimum Gasteiger partial charge on any atom is -0.377 e. The highest BCUT2D eigenvalue weighted by Gasteiger charge is 2.24. The number of carbonyl (C=O) groups excluding carboxylic acids is 1. The standard InChI is InChI=1S/C17H24BrN3O2/c1-13-4-5-14(11-16(13)18)19-17(22)21-8-6-20(7-9-21)12-15-3-2-10-23-15/h4-5,11,15H,2-3,6-10,12H2,1H3,(H,19,22). The Hall–Kier alpha value is -1.11. The maximum Gasteiger partial charge on any atom is 0.321 e. The van der Waals surface area contributed by atoms with Crippen LogP contribution in [-0.2, 0) is 4.74 Å². The summed E-state index contributed by atoms with van der Waals surface area (Å²) >= 11 is 3.50. The highest BCUT2D eigenvalue weighted by atomic mass is 79.9. The fraction of sp³-hybridized carbons (Fsp3) is 0.588. The van der Waals surface area contributed by atoms with E-state index in [1.165, 1.54) is 12.8 Å².